The number of hydrazine groups is 1. The SMILES string of the molecule is NNC(CCC1CC1)Cc1ccncc1. The summed E-state index contributed by atoms with van der Waals surface area (Å²) in [6.45, 7) is 0. The molecule has 15 heavy (non-hydrogen) atoms. The van der Waals surface area contributed by atoms with Crippen molar-refractivity contribution >= 4 is 0 Å². The van der Waals surface area contributed by atoms with Crippen molar-refractivity contribution in [2.24, 2.45) is 11.8 Å². The Balaban J connectivity index is 1.78. The van der Waals surface area contributed by atoms with E-state index < -0.39 is 0 Å². The fourth-order valence-electron chi connectivity index (χ4n) is 1.89. The van der Waals surface area contributed by atoms with E-state index in [1.807, 2.05) is 12.4 Å². The highest BCUT2D eigenvalue weighted by molar-refractivity contribution is 5.11. The predicted molar refractivity (Wildman–Crippen MR) is 61.0 cm³/mol. The normalized spacial score (nSPS) is 17.7. The molecular formula is C12H19N3. The van der Waals surface area contributed by atoms with Gasteiger partial charge in [-0.2, -0.15) is 0 Å². The van der Waals surface area contributed by atoms with Crippen molar-refractivity contribution in [2.45, 2.75) is 38.1 Å². The highest BCUT2D eigenvalue weighted by Crippen LogP contribution is 2.34. The molecule has 0 bridgehead atoms. The number of nitrogens with one attached hydrogen (secondary N) is 1. The van der Waals surface area contributed by atoms with Crippen LogP contribution in [0.15, 0.2) is 24.5 Å². The topological polar surface area (TPSA) is 50.9 Å². The lowest BCUT2D eigenvalue weighted by Crippen LogP contribution is -2.36. The van der Waals surface area contributed by atoms with Crippen LogP contribution in [0.3, 0.4) is 0 Å². The minimum Gasteiger partial charge on any atom is -0.271 e. The maximum Gasteiger partial charge on any atom is 0.0270 e. The van der Waals surface area contributed by atoms with Crippen molar-refractivity contribution in [2.75, 3.05) is 0 Å². The highest BCUT2D eigenvalue weighted by Gasteiger charge is 2.22. The van der Waals surface area contributed by atoms with Gasteiger partial charge in [0.1, 0.15) is 0 Å². The Hall–Kier alpha value is -0.930. The fourth-order valence-corrected chi connectivity index (χ4v) is 1.89. The third kappa shape index (κ3) is 3.61. The molecule has 3 nitrogen and oxygen atoms in total. The molecule has 1 unspecified atom stereocenters. The van der Waals surface area contributed by atoms with Crippen molar-refractivity contribution in [1.29, 1.82) is 0 Å². The van der Waals surface area contributed by atoms with E-state index in [1.54, 1.807) is 0 Å². The first-order valence-corrected chi connectivity index (χ1v) is 5.73. The molecule has 3 N–H and O–H groups in total. The molecular weight excluding hydrogens is 186 g/mol. The molecule has 82 valence electrons. The van der Waals surface area contributed by atoms with E-state index in [-0.39, 0.29) is 0 Å². The monoisotopic (exact) mass is 205 g/mol. The average Bonchev–Trinajstić information content (AvgIpc) is 3.09. The zero-order valence-electron chi connectivity index (χ0n) is 9.02. The van der Waals surface area contributed by atoms with Gasteiger partial charge in [0.05, 0.1) is 0 Å². The Kier molecular flexibility index (Phi) is 3.69. The van der Waals surface area contributed by atoms with Crippen LogP contribution in [0.25, 0.3) is 0 Å². The molecule has 1 fully saturated rings. The number of hydrogen-bond donors (Lipinski definition) is 2. The molecule has 0 aromatic carbocycles. The number of nitrogens with zero attached hydrogens (tertiary/aromatic N) is 1. The van der Waals surface area contributed by atoms with Gasteiger partial charge in [0.2, 0.25) is 0 Å². The van der Waals surface area contributed by atoms with E-state index in [2.05, 4.69) is 22.5 Å². The van der Waals surface area contributed by atoms with Crippen LogP contribution in [0.1, 0.15) is 31.2 Å². The van der Waals surface area contributed by atoms with Crippen molar-refractivity contribution in [3.8, 4) is 0 Å². The molecule has 0 amide bonds. The van der Waals surface area contributed by atoms with Crippen LogP contribution in [-0.4, -0.2) is 11.0 Å². The van der Waals surface area contributed by atoms with Gasteiger partial charge in [-0.05, 0) is 42.9 Å². The first-order valence-electron chi connectivity index (χ1n) is 5.73. The number of pyridine rings is 1. The number of rotatable bonds is 6. The van der Waals surface area contributed by atoms with Gasteiger partial charge < -0.3 is 0 Å². The van der Waals surface area contributed by atoms with Crippen LogP contribution in [0.4, 0.5) is 0 Å². The smallest absolute Gasteiger partial charge is 0.0270 e. The highest BCUT2D eigenvalue weighted by atomic mass is 15.2. The van der Waals surface area contributed by atoms with Crippen molar-refractivity contribution in [3.63, 3.8) is 0 Å². The lowest BCUT2D eigenvalue weighted by Gasteiger charge is -2.15. The quantitative estimate of drug-likeness (QED) is 0.548. The summed E-state index contributed by atoms with van der Waals surface area (Å²) in [4.78, 5) is 4.01. The van der Waals surface area contributed by atoms with Gasteiger partial charge in [-0.15, -0.1) is 0 Å². The van der Waals surface area contributed by atoms with Gasteiger partial charge in [0.25, 0.3) is 0 Å². The first-order chi connectivity index (χ1) is 7.38. The van der Waals surface area contributed by atoms with Crippen LogP contribution in [0.2, 0.25) is 0 Å². The van der Waals surface area contributed by atoms with Crippen LogP contribution in [-0.2, 0) is 6.42 Å². The van der Waals surface area contributed by atoms with E-state index in [0.29, 0.717) is 6.04 Å². The van der Waals surface area contributed by atoms with Gasteiger partial charge in [-0.25, -0.2) is 0 Å². The third-order valence-electron chi connectivity index (χ3n) is 3.09. The van der Waals surface area contributed by atoms with E-state index in [4.69, 9.17) is 5.84 Å². The second-order valence-corrected chi connectivity index (χ2v) is 4.44. The van der Waals surface area contributed by atoms with Gasteiger partial charge in [-0.3, -0.25) is 16.3 Å². The van der Waals surface area contributed by atoms with Gasteiger partial charge >= 0.3 is 0 Å². The summed E-state index contributed by atoms with van der Waals surface area (Å²) in [6.07, 6.45) is 10.0. The zero-order valence-corrected chi connectivity index (χ0v) is 9.02. The summed E-state index contributed by atoms with van der Waals surface area (Å²) in [5, 5.41) is 0. The van der Waals surface area contributed by atoms with E-state index in [1.165, 1.54) is 31.2 Å². The molecule has 1 heterocycles. The summed E-state index contributed by atoms with van der Waals surface area (Å²) in [5.74, 6) is 6.55. The molecule has 0 spiro atoms. The summed E-state index contributed by atoms with van der Waals surface area (Å²) >= 11 is 0. The van der Waals surface area contributed by atoms with E-state index >= 15 is 0 Å². The minimum absolute atomic E-state index is 0.410. The van der Waals surface area contributed by atoms with Crippen LogP contribution in [0.5, 0.6) is 0 Å². The van der Waals surface area contributed by atoms with Gasteiger partial charge in [0, 0.05) is 18.4 Å². The Morgan fingerprint density at radius 3 is 2.73 bits per heavy atom. The Morgan fingerprint density at radius 2 is 2.13 bits per heavy atom. The lowest BCUT2D eigenvalue weighted by atomic mass is 10.0. The lowest BCUT2D eigenvalue weighted by molar-refractivity contribution is 0.462. The maximum absolute atomic E-state index is 5.56. The van der Waals surface area contributed by atoms with Crippen molar-refractivity contribution in [1.82, 2.24) is 10.4 Å². The molecule has 1 aromatic rings. The van der Waals surface area contributed by atoms with Gasteiger partial charge in [0.15, 0.2) is 0 Å². The average molecular weight is 205 g/mol. The summed E-state index contributed by atoms with van der Waals surface area (Å²) < 4.78 is 0. The molecule has 1 aliphatic carbocycles. The van der Waals surface area contributed by atoms with E-state index in [9.17, 15) is 0 Å². The summed E-state index contributed by atoms with van der Waals surface area (Å²) in [7, 11) is 0. The maximum atomic E-state index is 5.56. The molecule has 2 rings (SSSR count). The number of aromatic nitrogens is 1. The van der Waals surface area contributed by atoms with Gasteiger partial charge in [-0.1, -0.05) is 12.8 Å². The zero-order chi connectivity index (χ0) is 10.5. The van der Waals surface area contributed by atoms with Crippen molar-refractivity contribution < 1.29 is 0 Å². The Morgan fingerprint density at radius 1 is 1.40 bits per heavy atom. The molecule has 1 aromatic heterocycles. The Bertz CT molecular complexity index is 282. The number of hydrogen-bond acceptors (Lipinski definition) is 3. The van der Waals surface area contributed by atoms with Crippen LogP contribution < -0.4 is 11.3 Å². The summed E-state index contributed by atoms with van der Waals surface area (Å²) in [5.41, 5.74) is 4.22. The largest absolute Gasteiger partial charge is 0.271 e. The molecule has 1 saturated carbocycles. The first kappa shape index (κ1) is 10.6. The molecule has 0 saturated heterocycles. The molecule has 0 radical (unpaired) electrons. The molecule has 3 heteroatoms. The molecule has 1 atom stereocenters. The van der Waals surface area contributed by atoms with Crippen molar-refractivity contribution in [3.05, 3.63) is 30.1 Å². The second-order valence-electron chi connectivity index (χ2n) is 4.44. The Labute approximate surface area is 91.1 Å². The van der Waals surface area contributed by atoms with Crippen LogP contribution in [0, 0.1) is 5.92 Å². The minimum atomic E-state index is 0.410. The standard InChI is InChI=1S/C12H19N3/c13-15-12(4-3-10-1-2-10)9-11-5-7-14-8-6-11/h5-8,10,12,15H,1-4,9,13H2. The number of nitrogens with two attached hydrogens (primary N) is 1. The van der Waals surface area contributed by atoms with E-state index in [0.717, 1.165) is 12.3 Å². The summed E-state index contributed by atoms with van der Waals surface area (Å²) in [6, 6.07) is 4.52. The fraction of sp³-hybridized carbons (Fsp3) is 0.583. The molecule has 0 aliphatic heterocycles. The predicted octanol–water partition coefficient (Wildman–Crippen LogP) is 1.65. The second kappa shape index (κ2) is 5.24. The third-order valence-corrected chi connectivity index (χ3v) is 3.09. The molecule has 1 aliphatic rings. The van der Waals surface area contributed by atoms with Crippen LogP contribution >= 0.6 is 0 Å².